The summed E-state index contributed by atoms with van der Waals surface area (Å²) in [5.41, 5.74) is 2.50. The molecule has 0 bridgehead atoms. The molecule has 1 heteroatoms. The maximum absolute atomic E-state index is 3.76. The van der Waals surface area contributed by atoms with E-state index in [-0.39, 0.29) is 0 Å². The van der Waals surface area contributed by atoms with Gasteiger partial charge in [-0.15, -0.1) is 11.8 Å². The second kappa shape index (κ2) is 16.1. The zero-order valence-electron chi connectivity index (χ0n) is 13.0. The summed E-state index contributed by atoms with van der Waals surface area (Å²) in [6.45, 7) is 11.5. The molecule has 0 rings (SSSR count). The molecule has 0 spiro atoms. The fraction of sp³-hybridized carbons (Fsp3) is 0.333. The van der Waals surface area contributed by atoms with Crippen LogP contribution in [0.15, 0.2) is 60.4 Å². The number of hydrogen-bond donors (Lipinski definition) is 1. The van der Waals surface area contributed by atoms with Gasteiger partial charge in [0.15, 0.2) is 0 Å². The minimum absolute atomic E-state index is 0.971. The van der Waals surface area contributed by atoms with Crippen LogP contribution in [0.3, 0.4) is 0 Å². The van der Waals surface area contributed by atoms with Gasteiger partial charge in [0.1, 0.15) is 0 Å². The van der Waals surface area contributed by atoms with Crippen LogP contribution in [0.2, 0.25) is 0 Å². The molecular formula is C18H27N. The Hall–Kier alpha value is -1.94. The Labute approximate surface area is 119 Å². The molecule has 0 aromatic rings. The van der Waals surface area contributed by atoms with Crippen molar-refractivity contribution in [1.82, 2.24) is 5.32 Å². The lowest BCUT2D eigenvalue weighted by Crippen LogP contribution is -1.89. The minimum atomic E-state index is 0.971. The zero-order valence-corrected chi connectivity index (χ0v) is 13.0. The third kappa shape index (κ3) is 16.1. The molecule has 0 saturated heterocycles. The van der Waals surface area contributed by atoms with Gasteiger partial charge in [0.25, 0.3) is 0 Å². The van der Waals surface area contributed by atoms with Crippen molar-refractivity contribution in [3.63, 3.8) is 0 Å². The Morgan fingerprint density at radius 3 is 2.26 bits per heavy atom. The second-order valence-corrected chi connectivity index (χ2v) is 3.76. The first kappa shape index (κ1) is 19.4. The highest BCUT2D eigenvalue weighted by Crippen LogP contribution is 2.07. The summed E-state index contributed by atoms with van der Waals surface area (Å²) in [5, 5.41) is 2.94. The van der Waals surface area contributed by atoms with Crippen LogP contribution in [0.5, 0.6) is 0 Å². The lowest BCUT2D eigenvalue weighted by molar-refractivity contribution is 1.10. The zero-order chi connectivity index (χ0) is 14.9. The molecule has 0 atom stereocenters. The summed E-state index contributed by atoms with van der Waals surface area (Å²) >= 11 is 0. The SMILES string of the molecule is C=CC(=C/C)/C=C(\C)C/C=C\C=C/NC.CC#CC. The van der Waals surface area contributed by atoms with Crippen LogP contribution in [0.4, 0.5) is 0 Å². The molecule has 0 unspecified atom stereocenters. The molecule has 0 aliphatic heterocycles. The molecular weight excluding hydrogens is 230 g/mol. The molecule has 0 aromatic carbocycles. The molecule has 19 heavy (non-hydrogen) atoms. The van der Waals surface area contributed by atoms with Crippen molar-refractivity contribution in [1.29, 1.82) is 0 Å². The van der Waals surface area contributed by atoms with E-state index in [9.17, 15) is 0 Å². The standard InChI is InChI=1S/C14H21N.C4H6/c1-5-14(6-2)12-13(3)10-8-7-9-11-15-4;1-3-4-2/h5-9,11-12,15H,1,10H2,2-4H3;1-2H3/b8-7-,11-9-,13-12+,14-6-;. The fourth-order valence-electron chi connectivity index (χ4n) is 1.09. The van der Waals surface area contributed by atoms with Crippen LogP contribution in [-0.2, 0) is 0 Å². The molecule has 1 N–H and O–H groups in total. The van der Waals surface area contributed by atoms with E-state index >= 15 is 0 Å². The van der Waals surface area contributed by atoms with Crippen molar-refractivity contribution in [3.05, 3.63) is 60.4 Å². The van der Waals surface area contributed by atoms with Gasteiger partial charge in [-0.3, -0.25) is 0 Å². The van der Waals surface area contributed by atoms with E-state index in [1.54, 1.807) is 0 Å². The number of hydrogen-bond acceptors (Lipinski definition) is 1. The number of allylic oxidation sites excluding steroid dienone is 8. The van der Waals surface area contributed by atoms with E-state index in [0.29, 0.717) is 0 Å². The van der Waals surface area contributed by atoms with E-state index in [0.717, 1.165) is 6.42 Å². The van der Waals surface area contributed by atoms with Crippen molar-refractivity contribution in [3.8, 4) is 11.8 Å². The van der Waals surface area contributed by atoms with Crippen LogP contribution < -0.4 is 5.32 Å². The molecule has 0 aromatic heterocycles. The highest BCUT2D eigenvalue weighted by molar-refractivity contribution is 5.31. The van der Waals surface area contributed by atoms with Gasteiger partial charge in [-0.25, -0.2) is 0 Å². The molecule has 0 amide bonds. The first-order valence-electron chi connectivity index (χ1n) is 6.44. The Balaban J connectivity index is 0. The topological polar surface area (TPSA) is 12.0 Å². The van der Waals surface area contributed by atoms with Gasteiger partial charge in [0.05, 0.1) is 0 Å². The Kier molecular flexibility index (Phi) is 16.4. The van der Waals surface area contributed by atoms with E-state index in [2.05, 4.69) is 48.9 Å². The van der Waals surface area contributed by atoms with Gasteiger partial charge in [-0.05, 0) is 52.0 Å². The van der Waals surface area contributed by atoms with Gasteiger partial charge < -0.3 is 5.32 Å². The summed E-state index contributed by atoms with van der Waals surface area (Å²) in [6, 6.07) is 0. The van der Waals surface area contributed by atoms with E-state index < -0.39 is 0 Å². The Morgan fingerprint density at radius 1 is 1.21 bits per heavy atom. The molecule has 0 fully saturated rings. The summed E-state index contributed by atoms with van der Waals surface area (Å²) in [7, 11) is 1.89. The number of rotatable bonds is 6. The van der Waals surface area contributed by atoms with Crippen molar-refractivity contribution in [2.45, 2.75) is 34.1 Å². The monoisotopic (exact) mass is 257 g/mol. The van der Waals surface area contributed by atoms with Crippen LogP contribution in [0, 0.1) is 11.8 Å². The van der Waals surface area contributed by atoms with Crippen molar-refractivity contribution in [2.24, 2.45) is 0 Å². The second-order valence-electron chi connectivity index (χ2n) is 3.76. The highest BCUT2D eigenvalue weighted by Gasteiger charge is 1.87. The molecule has 104 valence electrons. The summed E-state index contributed by atoms with van der Waals surface area (Å²) < 4.78 is 0. The predicted octanol–water partition coefficient (Wildman–Crippen LogP) is 4.77. The largest absolute Gasteiger partial charge is 0.394 e. The van der Waals surface area contributed by atoms with Crippen molar-refractivity contribution in [2.75, 3.05) is 7.05 Å². The summed E-state index contributed by atoms with van der Waals surface area (Å²) in [5.74, 6) is 5.36. The number of nitrogens with one attached hydrogen (secondary N) is 1. The van der Waals surface area contributed by atoms with E-state index in [4.69, 9.17) is 0 Å². The van der Waals surface area contributed by atoms with E-state index in [1.807, 2.05) is 52.2 Å². The lowest BCUT2D eigenvalue weighted by Gasteiger charge is -1.96. The third-order valence-electron chi connectivity index (χ3n) is 2.18. The first-order valence-corrected chi connectivity index (χ1v) is 6.44. The highest BCUT2D eigenvalue weighted by atomic mass is 14.8. The average Bonchev–Trinajstić information content (AvgIpc) is 2.44. The van der Waals surface area contributed by atoms with Gasteiger partial charge in [-0.1, -0.05) is 42.5 Å². The fourth-order valence-corrected chi connectivity index (χ4v) is 1.09. The summed E-state index contributed by atoms with van der Waals surface area (Å²) in [6.07, 6.45) is 15.1. The van der Waals surface area contributed by atoms with Crippen LogP contribution >= 0.6 is 0 Å². The van der Waals surface area contributed by atoms with Crippen molar-refractivity contribution >= 4 is 0 Å². The Bertz CT molecular complexity index is 389. The van der Waals surface area contributed by atoms with Gasteiger partial charge in [-0.2, -0.15) is 0 Å². The predicted molar refractivity (Wildman–Crippen MR) is 88.8 cm³/mol. The Morgan fingerprint density at radius 2 is 1.84 bits per heavy atom. The molecule has 0 heterocycles. The summed E-state index contributed by atoms with van der Waals surface area (Å²) in [4.78, 5) is 0. The molecule has 0 radical (unpaired) electrons. The maximum Gasteiger partial charge on any atom is 0.00277 e. The molecule has 1 nitrogen and oxygen atoms in total. The molecule has 0 aliphatic rings. The normalized spacial score (nSPS) is 11.6. The quantitative estimate of drug-likeness (QED) is 0.533. The van der Waals surface area contributed by atoms with E-state index in [1.165, 1.54) is 11.1 Å². The molecule has 0 aliphatic carbocycles. The molecule has 0 saturated carbocycles. The minimum Gasteiger partial charge on any atom is -0.394 e. The van der Waals surface area contributed by atoms with Gasteiger partial charge >= 0.3 is 0 Å². The van der Waals surface area contributed by atoms with Gasteiger partial charge in [0, 0.05) is 7.05 Å². The lowest BCUT2D eigenvalue weighted by atomic mass is 10.1. The maximum atomic E-state index is 3.76. The van der Waals surface area contributed by atoms with Crippen LogP contribution in [0.25, 0.3) is 0 Å². The first-order chi connectivity index (χ1) is 9.15. The average molecular weight is 257 g/mol. The van der Waals surface area contributed by atoms with Crippen LogP contribution in [0.1, 0.15) is 34.1 Å². The van der Waals surface area contributed by atoms with Gasteiger partial charge in [0.2, 0.25) is 0 Å². The van der Waals surface area contributed by atoms with Crippen LogP contribution in [-0.4, -0.2) is 7.05 Å². The smallest absolute Gasteiger partial charge is 0.00277 e. The van der Waals surface area contributed by atoms with Crippen molar-refractivity contribution < 1.29 is 0 Å². The third-order valence-corrected chi connectivity index (χ3v) is 2.18.